The molecule has 0 amide bonds. The Kier molecular flexibility index (Phi) is 2.79. The topological polar surface area (TPSA) is 33.3 Å². The van der Waals surface area contributed by atoms with Gasteiger partial charge in [0.1, 0.15) is 0 Å². The van der Waals surface area contributed by atoms with Crippen molar-refractivity contribution in [2.45, 2.75) is 6.04 Å². The van der Waals surface area contributed by atoms with E-state index >= 15 is 0 Å². The maximum atomic E-state index is 5.38. The molecule has 2 aliphatic heterocycles. The van der Waals surface area contributed by atoms with Crippen LogP contribution in [0.1, 0.15) is 0 Å². The van der Waals surface area contributed by atoms with Crippen LogP contribution in [-0.2, 0) is 4.74 Å². The monoisotopic (exact) mass is 178 g/mol. The molecule has 0 bridgehead atoms. The second-order valence-corrected chi connectivity index (χ2v) is 3.09. The molecule has 1 saturated heterocycles. The molecule has 13 heavy (non-hydrogen) atoms. The van der Waals surface area contributed by atoms with E-state index in [4.69, 9.17) is 4.74 Å². The first-order chi connectivity index (χ1) is 6.47. The summed E-state index contributed by atoms with van der Waals surface area (Å²) in [4.78, 5) is 0. The Hall–Kier alpha value is -1.06. The summed E-state index contributed by atoms with van der Waals surface area (Å²) >= 11 is 0. The summed E-state index contributed by atoms with van der Waals surface area (Å²) in [6.45, 7) is 2.49. The lowest BCUT2D eigenvalue weighted by molar-refractivity contribution is 0.0857. The molecule has 2 rings (SSSR count). The zero-order valence-corrected chi connectivity index (χ0v) is 7.49. The lowest BCUT2D eigenvalue weighted by atomic mass is 10.2. The summed E-state index contributed by atoms with van der Waals surface area (Å²) in [5.74, 6) is 0. The fraction of sp³-hybridized carbons (Fsp3) is 0.400. The Balaban J connectivity index is 2.01. The zero-order chi connectivity index (χ0) is 8.93. The zero-order valence-electron chi connectivity index (χ0n) is 7.49. The summed E-state index contributed by atoms with van der Waals surface area (Å²) in [5, 5.41) is 6.62. The van der Waals surface area contributed by atoms with Crippen molar-refractivity contribution in [3.63, 3.8) is 0 Å². The van der Waals surface area contributed by atoms with E-state index in [1.807, 2.05) is 24.4 Å². The third-order valence-electron chi connectivity index (χ3n) is 2.14. The molecule has 1 unspecified atom stereocenters. The molecule has 0 aliphatic carbocycles. The van der Waals surface area contributed by atoms with E-state index in [2.05, 4.69) is 16.7 Å². The van der Waals surface area contributed by atoms with Crippen LogP contribution in [0.5, 0.6) is 0 Å². The van der Waals surface area contributed by atoms with Crippen LogP contribution in [0.2, 0.25) is 0 Å². The maximum absolute atomic E-state index is 5.38. The highest BCUT2D eigenvalue weighted by atomic mass is 16.5. The van der Waals surface area contributed by atoms with Crippen LogP contribution >= 0.6 is 0 Å². The van der Waals surface area contributed by atoms with Crippen molar-refractivity contribution >= 4 is 0 Å². The van der Waals surface area contributed by atoms with E-state index < -0.39 is 0 Å². The third-order valence-corrected chi connectivity index (χ3v) is 2.14. The lowest BCUT2D eigenvalue weighted by Gasteiger charge is -2.25. The molecular formula is C10H14N2O. The Labute approximate surface area is 78.2 Å². The predicted molar refractivity (Wildman–Crippen MR) is 52.1 cm³/mol. The number of hydrogen-bond acceptors (Lipinski definition) is 3. The first-order valence-electron chi connectivity index (χ1n) is 4.58. The van der Waals surface area contributed by atoms with Gasteiger partial charge in [0, 0.05) is 18.4 Å². The average molecular weight is 178 g/mol. The highest BCUT2D eigenvalue weighted by molar-refractivity contribution is 5.24. The van der Waals surface area contributed by atoms with Crippen molar-refractivity contribution in [1.29, 1.82) is 0 Å². The molecule has 1 atom stereocenters. The minimum atomic E-state index is 0.307. The van der Waals surface area contributed by atoms with Crippen molar-refractivity contribution in [3.8, 4) is 0 Å². The molecular weight excluding hydrogens is 164 g/mol. The van der Waals surface area contributed by atoms with Crippen LogP contribution in [0.3, 0.4) is 0 Å². The van der Waals surface area contributed by atoms with E-state index in [1.54, 1.807) is 0 Å². The van der Waals surface area contributed by atoms with Gasteiger partial charge in [0.15, 0.2) is 0 Å². The summed E-state index contributed by atoms with van der Waals surface area (Å²) in [6.07, 6.45) is 10.0. The molecule has 0 aromatic carbocycles. The SMILES string of the molecule is C1=CC=C(C2COCCN2)NC=C1. The maximum Gasteiger partial charge on any atom is 0.0711 e. The fourth-order valence-corrected chi connectivity index (χ4v) is 1.45. The van der Waals surface area contributed by atoms with Crippen molar-refractivity contribution < 1.29 is 4.74 Å². The first-order valence-corrected chi connectivity index (χ1v) is 4.58. The van der Waals surface area contributed by atoms with Gasteiger partial charge in [-0.3, -0.25) is 0 Å². The Morgan fingerprint density at radius 1 is 1.31 bits per heavy atom. The van der Waals surface area contributed by atoms with Gasteiger partial charge in [-0.25, -0.2) is 0 Å². The summed E-state index contributed by atoms with van der Waals surface area (Å²) in [6, 6.07) is 0.307. The van der Waals surface area contributed by atoms with E-state index in [1.165, 1.54) is 5.70 Å². The van der Waals surface area contributed by atoms with Gasteiger partial charge < -0.3 is 15.4 Å². The highest BCUT2D eigenvalue weighted by Crippen LogP contribution is 2.05. The van der Waals surface area contributed by atoms with Gasteiger partial charge in [0.2, 0.25) is 0 Å². The fourth-order valence-electron chi connectivity index (χ4n) is 1.45. The molecule has 0 aromatic heterocycles. The number of hydrogen-bond donors (Lipinski definition) is 2. The second-order valence-electron chi connectivity index (χ2n) is 3.09. The molecule has 0 radical (unpaired) electrons. The standard InChI is InChI=1S/C10H14N2O/c1-2-4-9(11-5-3-1)10-8-13-7-6-12-10/h1-5,10-12H,6-8H2. The van der Waals surface area contributed by atoms with Crippen molar-refractivity contribution in [3.05, 3.63) is 36.2 Å². The van der Waals surface area contributed by atoms with Crippen LogP contribution in [0.15, 0.2) is 36.2 Å². The molecule has 2 heterocycles. The molecule has 0 saturated carbocycles. The van der Waals surface area contributed by atoms with E-state index in [0.717, 1.165) is 19.8 Å². The molecule has 70 valence electrons. The van der Waals surface area contributed by atoms with Crippen LogP contribution < -0.4 is 10.6 Å². The Morgan fingerprint density at radius 2 is 2.31 bits per heavy atom. The number of rotatable bonds is 1. The lowest BCUT2D eigenvalue weighted by Crippen LogP contribution is -2.44. The van der Waals surface area contributed by atoms with Gasteiger partial charge in [-0.15, -0.1) is 0 Å². The summed E-state index contributed by atoms with van der Waals surface area (Å²) in [7, 11) is 0. The molecule has 3 nitrogen and oxygen atoms in total. The van der Waals surface area contributed by atoms with Gasteiger partial charge in [-0.05, 0) is 12.2 Å². The van der Waals surface area contributed by atoms with Crippen molar-refractivity contribution in [2.24, 2.45) is 0 Å². The van der Waals surface area contributed by atoms with Gasteiger partial charge in [-0.2, -0.15) is 0 Å². The minimum Gasteiger partial charge on any atom is -0.378 e. The van der Waals surface area contributed by atoms with Crippen LogP contribution in [0.4, 0.5) is 0 Å². The van der Waals surface area contributed by atoms with E-state index in [9.17, 15) is 0 Å². The number of ether oxygens (including phenoxy) is 1. The number of morpholine rings is 1. The van der Waals surface area contributed by atoms with Crippen LogP contribution in [-0.4, -0.2) is 25.8 Å². The smallest absolute Gasteiger partial charge is 0.0711 e. The van der Waals surface area contributed by atoms with Crippen LogP contribution in [0.25, 0.3) is 0 Å². The van der Waals surface area contributed by atoms with Gasteiger partial charge in [0.05, 0.1) is 19.3 Å². The number of allylic oxidation sites excluding steroid dienone is 4. The molecule has 0 aromatic rings. The summed E-state index contributed by atoms with van der Waals surface area (Å²) < 4.78 is 5.38. The Bertz CT molecular complexity index is 250. The molecule has 0 spiro atoms. The summed E-state index contributed by atoms with van der Waals surface area (Å²) in [5.41, 5.74) is 1.17. The van der Waals surface area contributed by atoms with Gasteiger partial charge >= 0.3 is 0 Å². The van der Waals surface area contributed by atoms with Crippen molar-refractivity contribution in [1.82, 2.24) is 10.6 Å². The quantitative estimate of drug-likeness (QED) is 0.614. The third kappa shape index (κ3) is 2.20. The van der Waals surface area contributed by atoms with Gasteiger partial charge in [0.25, 0.3) is 0 Å². The largest absolute Gasteiger partial charge is 0.378 e. The Morgan fingerprint density at radius 3 is 3.15 bits per heavy atom. The minimum absolute atomic E-state index is 0.307. The number of nitrogens with one attached hydrogen (secondary N) is 2. The second kappa shape index (κ2) is 4.25. The van der Waals surface area contributed by atoms with Gasteiger partial charge in [-0.1, -0.05) is 12.2 Å². The molecule has 1 fully saturated rings. The van der Waals surface area contributed by atoms with E-state index in [0.29, 0.717) is 6.04 Å². The molecule has 2 N–H and O–H groups in total. The molecule has 3 heteroatoms. The average Bonchev–Trinajstić information content (AvgIpc) is 2.47. The molecule has 2 aliphatic rings. The van der Waals surface area contributed by atoms with Crippen LogP contribution in [0, 0.1) is 0 Å². The van der Waals surface area contributed by atoms with E-state index in [-0.39, 0.29) is 0 Å². The predicted octanol–water partition coefficient (Wildman–Crippen LogP) is 0.532. The van der Waals surface area contributed by atoms with Crippen molar-refractivity contribution in [2.75, 3.05) is 19.8 Å². The first kappa shape index (κ1) is 8.53. The highest BCUT2D eigenvalue weighted by Gasteiger charge is 2.16. The normalized spacial score (nSPS) is 27.7.